The number of benzene rings is 1. The van der Waals surface area contributed by atoms with E-state index in [1.54, 1.807) is 0 Å². The molecule has 0 amide bonds. The molecule has 16 heavy (non-hydrogen) atoms. The van der Waals surface area contributed by atoms with Crippen LogP contribution in [0.2, 0.25) is 0 Å². The summed E-state index contributed by atoms with van der Waals surface area (Å²) in [7, 11) is 3.71. The second-order valence-electron chi connectivity index (χ2n) is 3.97. The first-order chi connectivity index (χ1) is 7.69. The maximum absolute atomic E-state index is 3.71. The van der Waals surface area contributed by atoms with E-state index in [2.05, 4.69) is 55.0 Å². The van der Waals surface area contributed by atoms with Crippen molar-refractivity contribution in [3.63, 3.8) is 0 Å². The van der Waals surface area contributed by atoms with Gasteiger partial charge in [0.05, 0.1) is 10.2 Å². The van der Waals surface area contributed by atoms with Crippen molar-refractivity contribution in [2.75, 3.05) is 18.0 Å². The minimum Gasteiger partial charge on any atom is -0.372 e. The highest BCUT2D eigenvalue weighted by Gasteiger charge is 2.11. The minimum atomic E-state index is 1.08. The number of hydrogen-bond acceptors (Lipinski definition) is 1. The zero-order valence-corrected chi connectivity index (χ0v) is 11.9. The standard InChI is InChI=1S/C14H22NSi/c1-5-11-12(6-2)14(16)10-9-13(11)15(7-3)8-4/h9-10H,5-8H2,1-4H3. The molecule has 0 fully saturated rings. The molecule has 0 saturated carbocycles. The lowest BCUT2D eigenvalue weighted by molar-refractivity contribution is 0.852. The predicted octanol–water partition coefficient (Wildman–Crippen LogP) is 2.45. The van der Waals surface area contributed by atoms with E-state index in [-0.39, 0.29) is 0 Å². The molecule has 0 N–H and O–H groups in total. The zero-order chi connectivity index (χ0) is 12.1. The van der Waals surface area contributed by atoms with Gasteiger partial charge in [0.2, 0.25) is 0 Å². The van der Waals surface area contributed by atoms with E-state index in [9.17, 15) is 0 Å². The van der Waals surface area contributed by atoms with E-state index in [4.69, 9.17) is 0 Å². The van der Waals surface area contributed by atoms with Gasteiger partial charge in [-0.15, -0.1) is 0 Å². The molecule has 0 saturated heterocycles. The smallest absolute Gasteiger partial charge is 0.0715 e. The summed E-state index contributed by atoms with van der Waals surface area (Å²) in [5, 5.41) is 1.25. The van der Waals surface area contributed by atoms with Gasteiger partial charge in [-0.05, 0) is 43.9 Å². The van der Waals surface area contributed by atoms with Crippen molar-refractivity contribution in [1.29, 1.82) is 0 Å². The predicted molar refractivity (Wildman–Crippen MR) is 74.1 cm³/mol. The molecule has 1 nitrogen and oxygen atoms in total. The minimum absolute atomic E-state index is 1.08. The molecule has 3 radical (unpaired) electrons. The first-order valence-electron chi connectivity index (χ1n) is 6.30. The van der Waals surface area contributed by atoms with Crippen LogP contribution in [0.1, 0.15) is 38.8 Å². The Bertz CT molecular complexity index is 343. The molecular formula is C14H22NSi. The van der Waals surface area contributed by atoms with E-state index in [1.807, 2.05) is 0 Å². The average Bonchev–Trinajstić information content (AvgIpc) is 2.31. The number of anilines is 1. The Hall–Kier alpha value is -0.763. The van der Waals surface area contributed by atoms with Gasteiger partial charge >= 0.3 is 0 Å². The number of rotatable bonds is 5. The third kappa shape index (κ3) is 2.49. The Morgan fingerprint density at radius 2 is 1.50 bits per heavy atom. The van der Waals surface area contributed by atoms with Crippen molar-refractivity contribution in [2.45, 2.75) is 40.5 Å². The molecule has 0 unspecified atom stereocenters. The zero-order valence-electron chi connectivity index (χ0n) is 10.9. The fourth-order valence-corrected chi connectivity index (χ4v) is 2.75. The third-order valence-corrected chi connectivity index (χ3v) is 3.69. The molecule has 1 rings (SSSR count). The van der Waals surface area contributed by atoms with Gasteiger partial charge in [0, 0.05) is 18.8 Å². The topological polar surface area (TPSA) is 3.24 Å². The van der Waals surface area contributed by atoms with Crippen molar-refractivity contribution in [3.8, 4) is 0 Å². The van der Waals surface area contributed by atoms with Crippen molar-refractivity contribution in [3.05, 3.63) is 23.3 Å². The summed E-state index contributed by atoms with van der Waals surface area (Å²) in [6.45, 7) is 11.1. The van der Waals surface area contributed by atoms with Gasteiger partial charge in [0.1, 0.15) is 0 Å². The summed E-state index contributed by atoms with van der Waals surface area (Å²) in [4.78, 5) is 2.43. The van der Waals surface area contributed by atoms with E-state index >= 15 is 0 Å². The SMILES string of the molecule is CCc1c([Si])ccc(N(CC)CC)c1CC. The Morgan fingerprint density at radius 1 is 0.938 bits per heavy atom. The lowest BCUT2D eigenvalue weighted by atomic mass is 10.00. The van der Waals surface area contributed by atoms with Crippen LogP contribution in [0.4, 0.5) is 5.69 Å². The van der Waals surface area contributed by atoms with Gasteiger partial charge < -0.3 is 4.90 Å². The molecule has 1 aromatic carbocycles. The van der Waals surface area contributed by atoms with Crippen LogP contribution in [0.3, 0.4) is 0 Å². The second kappa shape index (κ2) is 6.09. The molecule has 1 aromatic rings. The molecule has 2 heteroatoms. The maximum Gasteiger partial charge on any atom is 0.0715 e. The lowest BCUT2D eigenvalue weighted by Crippen LogP contribution is -2.25. The fraction of sp³-hybridized carbons (Fsp3) is 0.571. The molecular weight excluding hydrogens is 210 g/mol. The first kappa shape index (κ1) is 13.3. The van der Waals surface area contributed by atoms with Crippen LogP contribution in [0, 0.1) is 0 Å². The molecule has 0 aliphatic heterocycles. The first-order valence-corrected chi connectivity index (χ1v) is 6.80. The van der Waals surface area contributed by atoms with E-state index < -0.39 is 0 Å². The Labute approximate surface area is 103 Å². The fourth-order valence-electron chi connectivity index (χ4n) is 2.34. The van der Waals surface area contributed by atoms with Gasteiger partial charge in [-0.25, -0.2) is 0 Å². The van der Waals surface area contributed by atoms with Crippen LogP contribution in [0.5, 0.6) is 0 Å². The maximum atomic E-state index is 3.71. The van der Waals surface area contributed by atoms with E-state index in [0.29, 0.717) is 0 Å². The molecule has 0 bridgehead atoms. The normalized spacial score (nSPS) is 10.6. The summed E-state index contributed by atoms with van der Waals surface area (Å²) >= 11 is 0. The largest absolute Gasteiger partial charge is 0.372 e. The van der Waals surface area contributed by atoms with Gasteiger partial charge in [0.25, 0.3) is 0 Å². The lowest BCUT2D eigenvalue weighted by Gasteiger charge is -2.26. The Morgan fingerprint density at radius 3 is 1.94 bits per heavy atom. The van der Waals surface area contributed by atoms with E-state index in [0.717, 1.165) is 25.9 Å². The van der Waals surface area contributed by atoms with Crippen LogP contribution < -0.4 is 10.1 Å². The van der Waals surface area contributed by atoms with Gasteiger partial charge in [-0.3, -0.25) is 0 Å². The van der Waals surface area contributed by atoms with Crippen LogP contribution >= 0.6 is 0 Å². The summed E-state index contributed by atoms with van der Waals surface area (Å²) in [6.07, 6.45) is 2.20. The summed E-state index contributed by atoms with van der Waals surface area (Å²) < 4.78 is 0. The molecule has 0 atom stereocenters. The summed E-state index contributed by atoms with van der Waals surface area (Å²) in [5.41, 5.74) is 4.37. The Kier molecular flexibility index (Phi) is 5.06. The molecule has 87 valence electrons. The van der Waals surface area contributed by atoms with Crippen LogP contribution in [-0.4, -0.2) is 23.3 Å². The average molecular weight is 232 g/mol. The summed E-state index contributed by atoms with van der Waals surface area (Å²) in [5.74, 6) is 0. The highest BCUT2D eigenvalue weighted by molar-refractivity contribution is 6.33. The highest BCUT2D eigenvalue weighted by atomic mass is 28.1. The van der Waals surface area contributed by atoms with Gasteiger partial charge in [-0.2, -0.15) is 0 Å². The van der Waals surface area contributed by atoms with Gasteiger partial charge in [-0.1, -0.05) is 25.1 Å². The van der Waals surface area contributed by atoms with Crippen molar-refractivity contribution >= 4 is 21.1 Å². The van der Waals surface area contributed by atoms with Crippen LogP contribution in [0.15, 0.2) is 12.1 Å². The molecule has 0 spiro atoms. The van der Waals surface area contributed by atoms with E-state index in [1.165, 1.54) is 22.0 Å². The van der Waals surface area contributed by atoms with Crippen molar-refractivity contribution in [2.24, 2.45) is 0 Å². The quantitative estimate of drug-likeness (QED) is 0.705. The Balaban J connectivity index is 3.28. The highest BCUT2D eigenvalue weighted by Crippen LogP contribution is 2.23. The number of hydrogen-bond donors (Lipinski definition) is 0. The van der Waals surface area contributed by atoms with Crippen molar-refractivity contribution in [1.82, 2.24) is 0 Å². The number of nitrogens with zero attached hydrogens (tertiary/aromatic N) is 1. The molecule has 0 aliphatic rings. The third-order valence-electron chi connectivity index (χ3n) is 3.22. The van der Waals surface area contributed by atoms with Crippen LogP contribution in [0.25, 0.3) is 0 Å². The molecule has 0 heterocycles. The second-order valence-corrected chi connectivity index (χ2v) is 4.51. The van der Waals surface area contributed by atoms with Crippen molar-refractivity contribution < 1.29 is 0 Å². The van der Waals surface area contributed by atoms with Gasteiger partial charge in [0.15, 0.2) is 0 Å². The van der Waals surface area contributed by atoms with Crippen LogP contribution in [-0.2, 0) is 12.8 Å². The monoisotopic (exact) mass is 232 g/mol. The summed E-state index contributed by atoms with van der Waals surface area (Å²) in [6, 6.07) is 4.43. The molecule has 0 aromatic heterocycles. The molecule has 0 aliphatic carbocycles.